The van der Waals surface area contributed by atoms with Crippen molar-refractivity contribution in [2.45, 2.75) is 26.8 Å². The van der Waals surface area contributed by atoms with Crippen molar-refractivity contribution in [1.82, 2.24) is 5.32 Å². The molecular formula is C25H29N3O3S. The number of ether oxygens (including phenoxy) is 1. The highest BCUT2D eigenvalue weighted by molar-refractivity contribution is 7.99. The number of carbonyl (C=O) groups is 2. The monoisotopic (exact) mass is 451 g/mol. The first-order chi connectivity index (χ1) is 15.3. The van der Waals surface area contributed by atoms with Gasteiger partial charge in [0.1, 0.15) is 11.6 Å². The lowest BCUT2D eigenvalue weighted by atomic mass is 10.1. The van der Waals surface area contributed by atoms with Crippen molar-refractivity contribution in [1.29, 1.82) is 5.41 Å². The Morgan fingerprint density at radius 2 is 1.75 bits per heavy atom. The number of thioether (sulfide) groups is 1. The predicted octanol–water partition coefficient (Wildman–Crippen LogP) is 4.41. The molecule has 2 aromatic rings. The Kier molecular flexibility index (Phi) is 9.76. The van der Waals surface area contributed by atoms with E-state index in [2.05, 4.69) is 11.4 Å². The van der Waals surface area contributed by atoms with Crippen molar-refractivity contribution >= 4 is 35.6 Å². The second kappa shape index (κ2) is 12.5. The van der Waals surface area contributed by atoms with Gasteiger partial charge >= 0.3 is 5.97 Å². The van der Waals surface area contributed by atoms with Crippen LogP contribution in [-0.2, 0) is 4.79 Å². The summed E-state index contributed by atoms with van der Waals surface area (Å²) in [5.41, 5.74) is 7.78. The molecule has 0 fully saturated rings. The quantitative estimate of drug-likeness (QED) is 0.0944. The smallest absolute Gasteiger partial charge is 0.343 e. The minimum absolute atomic E-state index is 0.0479. The maximum Gasteiger partial charge on any atom is 0.343 e. The van der Waals surface area contributed by atoms with Crippen molar-refractivity contribution in [2.75, 3.05) is 11.5 Å². The molecular weight excluding hydrogens is 422 g/mol. The second-order valence-corrected chi connectivity index (χ2v) is 8.33. The first-order valence-corrected chi connectivity index (χ1v) is 11.4. The number of rotatable bonds is 10. The summed E-state index contributed by atoms with van der Waals surface area (Å²) >= 11 is 1.77. The van der Waals surface area contributed by atoms with Crippen LogP contribution in [0.15, 0.2) is 66.3 Å². The SMILES string of the molecule is C/C=C/CSC[C@@H](C)NC(=O)/C(C)=C/c1ccc(C(=O)Oc2ccc(C(=N)N)cc2)cc1. The molecule has 0 heterocycles. The molecule has 32 heavy (non-hydrogen) atoms. The van der Waals surface area contributed by atoms with Gasteiger partial charge in [-0.2, -0.15) is 11.8 Å². The largest absolute Gasteiger partial charge is 0.423 e. The number of nitrogens with one attached hydrogen (secondary N) is 2. The zero-order chi connectivity index (χ0) is 23.5. The zero-order valence-electron chi connectivity index (χ0n) is 18.6. The molecule has 0 aromatic heterocycles. The van der Waals surface area contributed by atoms with Crippen molar-refractivity contribution in [3.63, 3.8) is 0 Å². The van der Waals surface area contributed by atoms with Crippen LogP contribution in [0.25, 0.3) is 6.08 Å². The van der Waals surface area contributed by atoms with E-state index in [1.807, 2.05) is 19.9 Å². The lowest BCUT2D eigenvalue weighted by Gasteiger charge is -2.13. The average Bonchev–Trinajstić information content (AvgIpc) is 2.77. The number of hydrogen-bond acceptors (Lipinski definition) is 5. The highest BCUT2D eigenvalue weighted by Gasteiger charge is 2.11. The number of carbonyl (C=O) groups excluding carboxylic acids is 2. The summed E-state index contributed by atoms with van der Waals surface area (Å²) in [6.07, 6.45) is 5.89. The molecule has 0 aliphatic rings. The van der Waals surface area contributed by atoms with Gasteiger partial charge in [-0.05, 0) is 68.8 Å². The molecule has 0 saturated carbocycles. The minimum atomic E-state index is -0.491. The number of allylic oxidation sites excluding steroid dienone is 1. The van der Waals surface area contributed by atoms with Gasteiger partial charge in [-0.1, -0.05) is 24.3 Å². The summed E-state index contributed by atoms with van der Waals surface area (Å²) in [6, 6.07) is 13.3. The summed E-state index contributed by atoms with van der Waals surface area (Å²) in [7, 11) is 0. The first kappa shape index (κ1) is 24.9. The molecule has 7 heteroatoms. The third-order valence-corrected chi connectivity index (χ3v) is 5.62. The molecule has 0 aliphatic carbocycles. The number of benzene rings is 2. The van der Waals surface area contributed by atoms with E-state index in [1.54, 1.807) is 73.3 Å². The van der Waals surface area contributed by atoms with Crippen molar-refractivity contribution in [2.24, 2.45) is 5.73 Å². The Balaban J connectivity index is 1.92. The van der Waals surface area contributed by atoms with E-state index in [-0.39, 0.29) is 17.8 Å². The van der Waals surface area contributed by atoms with Gasteiger partial charge in [0.05, 0.1) is 5.56 Å². The minimum Gasteiger partial charge on any atom is -0.423 e. The summed E-state index contributed by atoms with van der Waals surface area (Å²) in [6.45, 7) is 5.74. The number of esters is 1. The molecule has 0 aliphatic heterocycles. The van der Waals surface area contributed by atoms with E-state index in [0.717, 1.165) is 17.1 Å². The molecule has 2 rings (SSSR count). The topological polar surface area (TPSA) is 105 Å². The third-order valence-electron chi connectivity index (χ3n) is 4.46. The molecule has 2 aromatic carbocycles. The molecule has 1 amide bonds. The summed E-state index contributed by atoms with van der Waals surface area (Å²) < 4.78 is 5.35. The van der Waals surface area contributed by atoms with Crippen LogP contribution in [0, 0.1) is 5.41 Å². The van der Waals surface area contributed by atoms with Gasteiger partial charge in [-0.3, -0.25) is 10.2 Å². The van der Waals surface area contributed by atoms with E-state index in [1.165, 1.54) is 0 Å². The summed E-state index contributed by atoms with van der Waals surface area (Å²) in [5, 5.41) is 10.4. The Labute approximate surface area is 193 Å². The highest BCUT2D eigenvalue weighted by Crippen LogP contribution is 2.16. The van der Waals surface area contributed by atoms with Crippen LogP contribution in [-0.4, -0.2) is 35.3 Å². The van der Waals surface area contributed by atoms with E-state index >= 15 is 0 Å². The van der Waals surface area contributed by atoms with Crippen molar-refractivity contribution in [3.8, 4) is 5.75 Å². The molecule has 6 nitrogen and oxygen atoms in total. The highest BCUT2D eigenvalue weighted by atomic mass is 32.2. The van der Waals surface area contributed by atoms with Crippen LogP contribution < -0.4 is 15.8 Å². The number of amides is 1. The van der Waals surface area contributed by atoms with Gasteiger partial charge in [0.15, 0.2) is 0 Å². The Hall–Kier alpha value is -3.32. The van der Waals surface area contributed by atoms with Gasteiger partial charge in [0.25, 0.3) is 0 Å². The van der Waals surface area contributed by atoms with Gasteiger partial charge < -0.3 is 15.8 Å². The van der Waals surface area contributed by atoms with E-state index in [4.69, 9.17) is 15.9 Å². The zero-order valence-corrected chi connectivity index (χ0v) is 19.4. The second-order valence-electron chi connectivity index (χ2n) is 7.26. The van der Waals surface area contributed by atoms with Gasteiger partial charge in [-0.25, -0.2) is 4.79 Å². The van der Waals surface area contributed by atoms with Gasteiger partial charge in [0, 0.05) is 28.7 Å². The van der Waals surface area contributed by atoms with Crippen molar-refractivity contribution in [3.05, 3.63) is 82.9 Å². The third kappa shape index (κ3) is 8.07. The number of hydrogen-bond donors (Lipinski definition) is 3. The predicted molar refractivity (Wildman–Crippen MR) is 132 cm³/mol. The normalized spacial score (nSPS) is 12.4. The van der Waals surface area contributed by atoms with Crippen LogP contribution in [0.5, 0.6) is 5.75 Å². The molecule has 1 atom stereocenters. The number of amidine groups is 1. The maximum atomic E-state index is 12.4. The van der Waals surface area contributed by atoms with Crippen LogP contribution in [0.4, 0.5) is 0 Å². The van der Waals surface area contributed by atoms with Crippen LogP contribution >= 0.6 is 11.8 Å². The fraction of sp³-hybridized carbons (Fsp3) is 0.240. The Bertz CT molecular complexity index is 996. The first-order valence-electron chi connectivity index (χ1n) is 10.2. The summed E-state index contributed by atoms with van der Waals surface area (Å²) in [4.78, 5) is 24.7. The average molecular weight is 452 g/mol. The maximum absolute atomic E-state index is 12.4. The van der Waals surface area contributed by atoms with Crippen LogP contribution in [0.3, 0.4) is 0 Å². The van der Waals surface area contributed by atoms with Gasteiger partial charge in [-0.15, -0.1) is 0 Å². The van der Waals surface area contributed by atoms with E-state index in [0.29, 0.717) is 22.4 Å². The summed E-state index contributed by atoms with van der Waals surface area (Å²) in [5.74, 6) is 1.50. The molecule has 4 N–H and O–H groups in total. The van der Waals surface area contributed by atoms with Crippen molar-refractivity contribution < 1.29 is 14.3 Å². The number of nitrogen functional groups attached to an aromatic ring is 1. The van der Waals surface area contributed by atoms with E-state index < -0.39 is 5.97 Å². The molecule has 0 unspecified atom stereocenters. The lowest BCUT2D eigenvalue weighted by molar-refractivity contribution is -0.117. The van der Waals surface area contributed by atoms with Crippen LogP contribution in [0.1, 0.15) is 42.3 Å². The van der Waals surface area contributed by atoms with Gasteiger partial charge in [0.2, 0.25) is 5.91 Å². The van der Waals surface area contributed by atoms with Crippen LogP contribution in [0.2, 0.25) is 0 Å². The molecule has 0 spiro atoms. The van der Waals surface area contributed by atoms with E-state index in [9.17, 15) is 9.59 Å². The standard InChI is InChI=1S/C25H29N3O3S/c1-4-5-14-32-16-18(3)28-24(29)17(2)15-19-6-8-21(9-7-19)25(30)31-22-12-10-20(11-13-22)23(26)27/h4-13,15,18H,14,16H2,1-3H3,(H3,26,27)(H,28,29)/b5-4+,17-15+/t18-/m1/s1. The lowest BCUT2D eigenvalue weighted by Crippen LogP contribution is -2.34. The Morgan fingerprint density at radius 1 is 1.12 bits per heavy atom. The number of nitrogens with two attached hydrogens (primary N) is 1. The molecule has 0 radical (unpaired) electrons. The Morgan fingerprint density at radius 3 is 2.34 bits per heavy atom. The fourth-order valence-corrected chi connectivity index (χ4v) is 3.59. The fourth-order valence-electron chi connectivity index (χ4n) is 2.69. The molecule has 0 saturated heterocycles. The molecule has 168 valence electrons. The molecule has 0 bridgehead atoms.